The SMILES string of the molecule is CCCCCCCCOc1ccc(N=Cc2ccc(C#N)cc2)cc1.CCCCCCc1ccc(N=Cc2ccc(OCCCCC)cc2)cc1.COc1ccc(C=Nc2ccccc2)cc1.Oc1ccc(Cl)cc1C=Nc1ccccc1. The molecule has 83 heavy (non-hydrogen) atoms. The number of aryl methyl sites for hydroxylation is 1. The van der Waals surface area contributed by atoms with Crippen LogP contribution in [0.5, 0.6) is 23.0 Å². The van der Waals surface area contributed by atoms with Gasteiger partial charge in [-0.3, -0.25) is 20.0 Å². The van der Waals surface area contributed by atoms with Crippen LogP contribution in [0.15, 0.2) is 220 Å². The normalized spacial score (nSPS) is 10.8. The van der Waals surface area contributed by atoms with Gasteiger partial charge in [0.05, 0.1) is 54.7 Å². The number of methoxy groups -OCH3 is 1. The highest BCUT2D eigenvalue weighted by molar-refractivity contribution is 6.31. The summed E-state index contributed by atoms with van der Waals surface area (Å²) in [5, 5.41) is 18.9. The predicted octanol–water partition coefficient (Wildman–Crippen LogP) is 20.4. The molecule has 0 aliphatic rings. The van der Waals surface area contributed by atoms with Crippen LogP contribution in [0.3, 0.4) is 0 Å². The number of ether oxygens (including phenoxy) is 3. The van der Waals surface area contributed by atoms with E-state index < -0.39 is 0 Å². The molecule has 10 heteroatoms. The van der Waals surface area contributed by atoms with Crippen molar-refractivity contribution < 1.29 is 19.3 Å². The minimum Gasteiger partial charge on any atom is -0.507 e. The Morgan fingerprint density at radius 1 is 0.434 bits per heavy atom. The fourth-order valence-corrected chi connectivity index (χ4v) is 8.16. The Labute approximate surface area is 499 Å². The van der Waals surface area contributed by atoms with Crippen molar-refractivity contribution in [2.45, 2.75) is 111 Å². The number of halogens is 1. The van der Waals surface area contributed by atoms with Gasteiger partial charge in [-0.25, -0.2) is 0 Å². The number of aliphatic imine (C=N–C) groups is 4. The third-order valence-corrected chi connectivity index (χ3v) is 13.1. The van der Waals surface area contributed by atoms with Crippen LogP contribution in [0, 0.1) is 11.3 Å². The summed E-state index contributed by atoms with van der Waals surface area (Å²) in [6, 6.07) is 66.1. The van der Waals surface area contributed by atoms with Crippen molar-refractivity contribution >= 4 is 59.2 Å². The molecule has 8 aromatic rings. The van der Waals surface area contributed by atoms with Gasteiger partial charge >= 0.3 is 0 Å². The second-order valence-corrected chi connectivity index (χ2v) is 20.1. The maximum absolute atomic E-state index is 9.56. The fourth-order valence-electron chi connectivity index (χ4n) is 7.98. The molecule has 430 valence electrons. The zero-order valence-electron chi connectivity index (χ0n) is 49.0. The smallest absolute Gasteiger partial charge is 0.124 e. The molecule has 0 aliphatic heterocycles. The first-order valence-corrected chi connectivity index (χ1v) is 29.6. The van der Waals surface area contributed by atoms with E-state index in [1.807, 2.05) is 146 Å². The highest BCUT2D eigenvalue weighted by atomic mass is 35.5. The van der Waals surface area contributed by atoms with Crippen molar-refractivity contribution in [3.05, 3.63) is 239 Å². The summed E-state index contributed by atoms with van der Waals surface area (Å²) < 4.78 is 16.6. The van der Waals surface area contributed by atoms with Crippen molar-refractivity contribution in [2.24, 2.45) is 20.0 Å². The van der Waals surface area contributed by atoms with E-state index in [2.05, 4.69) is 83.2 Å². The van der Waals surface area contributed by atoms with Crippen LogP contribution in [0.2, 0.25) is 5.02 Å². The van der Waals surface area contributed by atoms with Crippen LogP contribution in [-0.4, -0.2) is 50.3 Å². The van der Waals surface area contributed by atoms with Crippen molar-refractivity contribution in [3.8, 4) is 29.1 Å². The van der Waals surface area contributed by atoms with Gasteiger partial charge in [-0.15, -0.1) is 0 Å². The summed E-state index contributed by atoms with van der Waals surface area (Å²) >= 11 is 5.83. The molecule has 8 aromatic carbocycles. The van der Waals surface area contributed by atoms with Crippen molar-refractivity contribution in [3.63, 3.8) is 0 Å². The Balaban J connectivity index is 0.000000207. The summed E-state index contributed by atoms with van der Waals surface area (Å²) in [6.45, 7) is 8.27. The number of phenolic OH excluding ortho intramolecular Hbond substituents is 1. The number of rotatable bonds is 27. The Bertz CT molecular complexity index is 3080. The number of aromatic hydroxyl groups is 1. The molecule has 8 rings (SSSR count). The summed E-state index contributed by atoms with van der Waals surface area (Å²) in [4.78, 5) is 17.6. The maximum Gasteiger partial charge on any atom is 0.124 e. The Morgan fingerprint density at radius 3 is 1.33 bits per heavy atom. The lowest BCUT2D eigenvalue weighted by atomic mass is 10.1. The lowest BCUT2D eigenvalue weighted by Gasteiger charge is -2.06. The van der Waals surface area contributed by atoms with E-state index in [1.54, 1.807) is 49.9 Å². The van der Waals surface area contributed by atoms with Gasteiger partial charge in [-0.1, -0.05) is 157 Å². The van der Waals surface area contributed by atoms with Crippen LogP contribution >= 0.6 is 11.6 Å². The van der Waals surface area contributed by atoms with Gasteiger partial charge in [0.25, 0.3) is 0 Å². The quantitative estimate of drug-likeness (QED) is 0.0406. The van der Waals surface area contributed by atoms with Gasteiger partial charge in [-0.05, 0) is 187 Å². The standard InChI is InChI=1S/C24H33NO.C22H26N2O.C14H13NO.C13H10ClNO/c1-3-5-7-8-10-21-11-15-23(16-12-21)25-20-22-13-17-24(18-14-22)26-19-9-6-4-2;1-2-3-4-5-6-7-16-25-22-14-12-21(13-15-22)24-18-20-10-8-19(17-23)9-11-20;1-16-14-9-7-12(8-10-14)11-15-13-5-3-2-4-6-13;14-11-6-7-13(16)10(8-11)9-15-12-4-2-1-3-5-12/h11-18,20H,3-10,19H2,1-2H3;8-15,18H,2-7,16H2,1H3;2-11H,1H3;1-9,16H. The third kappa shape index (κ3) is 28.1. The topological polar surface area (TPSA) is 121 Å². The molecule has 0 unspecified atom stereocenters. The van der Waals surface area contributed by atoms with Crippen LogP contribution < -0.4 is 14.2 Å². The minimum atomic E-state index is 0.170. The Kier molecular flexibility index (Phi) is 31.9. The largest absolute Gasteiger partial charge is 0.507 e. The number of nitrogens with zero attached hydrogens (tertiary/aromatic N) is 5. The molecular formula is C73H82ClN5O4. The molecule has 0 saturated carbocycles. The number of benzene rings is 8. The second kappa shape index (κ2) is 40.6. The lowest BCUT2D eigenvalue weighted by Crippen LogP contribution is -1.96. The summed E-state index contributed by atoms with van der Waals surface area (Å²) in [6.07, 6.45) is 24.7. The first kappa shape index (κ1) is 65.2. The monoisotopic (exact) mass is 1130 g/mol. The Morgan fingerprint density at radius 2 is 0.831 bits per heavy atom. The number of nitriles is 1. The lowest BCUT2D eigenvalue weighted by molar-refractivity contribution is 0.304. The average molecular weight is 1130 g/mol. The number of hydrogen-bond acceptors (Lipinski definition) is 9. The zero-order valence-corrected chi connectivity index (χ0v) is 49.7. The minimum absolute atomic E-state index is 0.170. The predicted molar refractivity (Wildman–Crippen MR) is 350 cm³/mol. The molecule has 1 N–H and O–H groups in total. The molecule has 0 amide bonds. The summed E-state index contributed by atoms with van der Waals surface area (Å²) in [5.41, 5.74) is 9.48. The highest BCUT2D eigenvalue weighted by Crippen LogP contribution is 2.23. The number of hydrogen-bond donors (Lipinski definition) is 1. The van der Waals surface area contributed by atoms with Gasteiger partial charge in [0.15, 0.2) is 0 Å². The van der Waals surface area contributed by atoms with E-state index in [0.717, 1.165) is 82.7 Å². The van der Waals surface area contributed by atoms with Crippen LogP contribution in [0.1, 0.15) is 138 Å². The van der Waals surface area contributed by atoms with Crippen molar-refractivity contribution in [2.75, 3.05) is 20.3 Å². The number of unbranched alkanes of at least 4 members (excludes halogenated alkanes) is 10. The van der Waals surface area contributed by atoms with Gasteiger partial charge < -0.3 is 19.3 Å². The average Bonchev–Trinajstić information content (AvgIpc) is 3.53. The molecule has 0 spiro atoms. The summed E-state index contributed by atoms with van der Waals surface area (Å²) in [7, 11) is 1.66. The fraction of sp³-hybridized carbons (Fsp3) is 0.274. The molecule has 0 heterocycles. The summed E-state index contributed by atoms with van der Waals surface area (Å²) in [5.74, 6) is 2.86. The first-order valence-electron chi connectivity index (χ1n) is 29.2. The van der Waals surface area contributed by atoms with E-state index in [4.69, 9.17) is 31.1 Å². The van der Waals surface area contributed by atoms with Crippen LogP contribution in [0.25, 0.3) is 0 Å². The van der Waals surface area contributed by atoms with E-state index in [1.165, 1.54) is 82.6 Å². The second-order valence-electron chi connectivity index (χ2n) is 19.6. The van der Waals surface area contributed by atoms with Crippen LogP contribution in [-0.2, 0) is 6.42 Å². The first-order chi connectivity index (χ1) is 40.8. The number of phenols is 1. The molecule has 0 saturated heterocycles. The molecule has 0 atom stereocenters. The van der Waals surface area contributed by atoms with Crippen LogP contribution in [0.4, 0.5) is 22.7 Å². The maximum atomic E-state index is 9.56. The third-order valence-electron chi connectivity index (χ3n) is 12.9. The highest BCUT2D eigenvalue weighted by Gasteiger charge is 2.01. The number of para-hydroxylation sites is 2. The molecule has 0 radical (unpaired) electrons. The van der Waals surface area contributed by atoms with E-state index in [-0.39, 0.29) is 5.75 Å². The Hall–Kier alpha value is -8.58. The molecular weight excluding hydrogens is 1050 g/mol. The van der Waals surface area contributed by atoms with Gasteiger partial charge in [0.2, 0.25) is 0 Å². The molecule has 9 nitrogen and oxygen atoms in total. The van der Waals surface area contributed by atoms with Gasteiger partial charge in [-0.2, -0.15) is 5.26 Å². The van der Waals surface area contributed by atoms with E-state index >= 15 is 0 Å². The van der Waals surface area contributed by atoms with E-state index in [9.17, 15) is 5.11 Å². The van der Waals surface area contributed by atoms with Gasteiger partial charge in [0, 0.05) is 35.4 Å². The molecule has 0 aromatic heterocycles. The van der Waals surface area contributed by atoms with E-state index in [0.29, 0.717) is 16.1 Å². The zero-order chi connectivity index (χ0) is 58.8. The molecule has 0 aliphatic carbocycles. The van der Waals surface area contributed by atoms with Crippen molar-refractivity contribution in [1.82, 2.24) is 0 Å². The molecule has 0 fully saturated rings. The van der Waals surface area contributed by atoms with Crippen molar-refractivity contribution in [1.29, 1.82) is 5.26 Å². The van der Waals surface area contributed by atoms with Gasteiger partial charge in [0.1, 0.15) is 23.0 Å². The molecule has 0 bridgehead atoms.